The Labute approximate surface area is 280 Å². The third-order valence-electron chi connectivity index (χ3n) is 7.33. The molecule has 0 radical (unpaired) electrons. The van der Waals surface area contributed by atoms with E-state index in [0.717, 1.165) is 11.1 Å². The van der Waals surface area contributed by atoms with Crippen molar-refractivity contribution in [3.63, 3.8) is 0 Å². The van der Waals surface area contributed by atoms with Gasteiger partial charge in [-0.25, -0.2) is 4.39 Å². The number of aromatic amines is 2. The van der Waals surface area contributed by atoms with E-state index in [4.69, 9.17) is 32.2 Å². The summed E-state index contributed by atoms with van der Waals surface area (Å²) in [6, 6.07) is 23.7. The van der Waals surface area contributed by atoms with E-state index in [0.29, 0.717) is 48.8 Å². The number of thioether (sulfide) groups is 1. The zero-order valence-corrected chi connectivity index (χ0v) is 26.3. The van der Waals surface area contributed by atoms with Crippen LogP contribution in [-0.2, 0) is 12.4 Å². The van der Waals surface area contributed by atoms with Gasteiger partial charge in [0.1, 0.15) is 12.4 Å². The van der Waals surface area contributed by atoms with Gasteiger partial charge in [0.05, 0.1) is 20.9 Å². The molecule has 0 atom stereocenters. The summed E-state index contributed by atoms with van der Waals surface area (Å²) in [5, 5.41) is 14.2. The van der Waals surface area contributed by atoms with Crippen molar-refractivity contribution in [1.82, 2.24) is 9.97 Å². The van der Waals surface area contributed by atoms with Crippen LogP contribution in [0.5, 0.6) is 17.4 Å². The zero-order chi connectivity index (χ0) is 33.8. The Bertz CT molecular complexity index is 2370. The summed E-state index contributed by atoms with van der Waals surface area (Å²) in [6.45, 7) is 0.262. The van der Waals surface area contributed by atoms with Crippen molar-refractivity contribution in [3.05, 3.63) is 143 Å². The standard InChI is InChI=1S/C19H12FNO4.C16H11ClN2O3S/c1-2-13-14-7-6-12(20)8-15(14)19(21-18(13)22)23-9-11-4-3-5-16-17(11)25-10-24-16;17-13-8-4-1-5-10(13)9-23-16-12-7-3-2-6-11(12)14(19(21)22)15(20)18-16/h1,3-8H,9-10H2,(H,21,22);1-8H,9H2,(H,18,20). The number of nitrogens with zero attached hydrogens (tertiary/aromatic N) is 1. The maximum absolute atomic E-state index is 13.7. The van der Waals surface area contributed by atoms with E-state index in [1.807, 2.05) is 30.3 Å². The fraction of sp³-hybridized carbons (Fsp3) is 0.0857. The number of halogens is 2. The molecule has 0 fully saturated rings. The van der Waals surface area contributed by atoms with Gasteiger partial charge in [0.15, 0.2) is 11.5 Å². The van der Waals surface area contributed by atoms with Gasteiger partial charge in [-0.05, 0) is 42.0 Å². The minimum absolute atomic E-state index is 0.115. The van der Waals surface area contributed by atoms with Crippen LogP contribution in [0.3, 0.4) is 0 Å². The summed E-state index contributed by atoms with van der Waals surface area (Å²) in [7, 11) is 0. The summed E-state index contributed by atoms with van der Waals surface area (Å²) in [6.07, 6.45) is 5.40. The number of aromatic nitrogens is 2. The second-order valence-corrected chi connectivity index (χ2v) is 11.6. The summed E-state index contributed by atoms with van der Waals surface area (Å²) < 4.78 is 30.1. The number of H-pyrrole nitrogens is 2. The molecule has 2 N–H and O–H groups in total. The molecule has 1 aliphatic rings. The number of benzene rings is 4. The van der Waals surface area contributed by atoms with E-state index in [1.165, 1.54) is 30.0 Å². The normalized spacial score (nSPS) is 11.5. The molecule has 6 aromatic rings. The van der Waals surface area contributed by atoms with Gasteiger partial charge >= 0.3 is 11.2 Å². The third kappa shape index (κ3) is 6.55. The van der Waals surface area contributed by atoms with E-state index in [1.54, 1.807) is 36.4 Å². The topological polar surface area (TPSA) is 137 Å². The maximum Gasteiger partial charge on any atom is 0.341 e. The predicted octanol–water partition coefficient (Wildman–Crippen LogP) is 7.34. The Morgan fingerprint density at radius 2 is 1.67 bits per heavy atom. The fourth-order valence-corrected chi connectivity index (χ4v) is 6.42. The highest BCUT2D eigenvalue weighted by molar-refractivity contribution is 7.98. The summed E-state index contributed by atoms with van der Waals surface area (Å²) in [5.41, 5.74) is 0.232. The van der Waals surface area contributed by atoms with E-state index in [2.05, 4.69) is 15.9 Å². The first kappa shape index (κ1) is 32.2. The first-order chi connectivity index (χ1) is 23.2. The van der Waals surface area contributed by atoms with Crippen molar-refractivity contribution in [1.29, 1.82) is 0 Å². The Kier molecular flexibility index (Phi) is 9.33. The molecule has 7 rings (SSSR count). The summed E-state index contributed by atoms with van der Waals surface area (Å²) in [4.78, 5) is 39.9. The lowest BCUT2D eigenvalue weighted by Gasteiger charge is -2.11. The highest BCUT2D eigenvalue weighted by Crippen LogP contribution is 2.36. The van der Waals surface area contributed by atoms with Crippen molar-refractivity contribution in [2.45, 2.75) is 17.4 Å². The lowest BCUT2D eigenvalue weighted by Crippen LogP contribution is -2.13. The number of nitrogens with one attached hydrogen (secondary N) is 2. The number of terminal acetylenes is 1. The van der Waals surface area contributed by atoms with Gasteiger partial charge in [0.25, 0.3) is 5.56 Å². The van der Waals surface area contributed by atoms with Crippen LogP contribution >= 0.6 is 23.4 Å². The van der Waals surface area contributed by atoms with Crippen LogP contribution in [0.2, 0.25) is 5.02 Å². The van der Waals surface area contributed by atoms with Crippen LogP contribution < -0.4 is 25.3 Å². The molecular weight excluding hydrogens is 661 g/mol. The number of para-hydroxylation sites is 1. The maximum atomic E-state index is 13.7. The van der Waals surface area contributed by atoms with Crippen molar-refractivity contribution in [3.8, 4) is 29.7 Å². The van der Waals surface area contributed by atoms with E-state index < -0.39 is 27.5 Å². The number of hydrogen-bond acceptors (Lipinski definition) is 8. The summed E-state index contributed by atoms with van der Waals surface area (Å²) in [5.74, 6) is 3.81. The minimum Gasteiger partial charge on any atom is -0.473 e. The van der Waals surface area contributed by atoms with Crippen molar-refractivity contribution in [2.24, 2.45) is 0 Å². The monoisotopic (exact) mass is 683 g/mol. The first-order valence-electron chi connectivity index (χ1n) is 14.2. The van der Waals surface area contributed by atoms with Crippen LogP contribution in [0.25, 0.3) is 21.5 Å². The Morgan fingerprint density at radius 1 is 0.917 bits per heavy atom. The third-order valence-corrected chi connectivity index (χ3v) is 8.76. The van der Waals surface area contributed by atoms with Gasteiger partial charge < -0.3 is 19.2 Å². The van der Waals surface area contributed by atoms with Gasteiger partial charge in [-0.15, -0.1) is 18.2 Å². The lowest BCUT2D eigenvalue weighted by molar-refractivity contribution is -0.384. The predicted molar refractivity (Wildman–Crippen MR) is 182 cm³/mol. The number of fused-ring (bicyclic) bond motifs is 3. The quantitative estimate of drug-likeness (QED) is 0.0772. The molecule has 0 aliphatic carbocycles. The highest BCUT2D eigenvalue weighted by atomic mass is 35.5. The average molecular weight is 684 g/mol. The van der Waals surface area contributed by atoms with Crippen LogP contribution in [-0.4, -0.2) is 21.7 Å². The van der Waals surface area contributed by atoms with Crippen LogP contribution in [0, 0.1) is 28.3 Å². The molecule has 0 saturated carbocycles. The minimum atomic E-state index is -0.699. The molecule has 4 aromatic carbocycles. The largest absolute Gasteiger partial charge is 0.473 e. The van der Waals surface area contributed by atoms with Crippen molar-refractivity contribution < 1.29 is 23.5 Å². The number of hydrogen-bond donors (Lipinski definition) is 2. The van der Waals surface area contributed by atoms with Gasteiger partial charge in [-0.3, -0.25) is 24.7 Å². The molecule has 0 spiro atoms. The number of rotatable bonds is 7. The molecule has 240 valence electrons. The van der Waals surface area contributed by atoms with Gasteiger partial charge in [0, 0.05) is 32.5 Å². The molecule has 13 heteroatoms. The second-order valence-electron chi connectivity index (χ2n) is 10.2. The first-order valence-corrected chi connectivity index (χ1v) is 15.6. The Morgan fingerprint density at radius 3 is 2.44 bits per heavy atom. The second kappa shape index (κ2) is 13.9. The van der Waals surface area contributed by atoms with Crippen LogP contribution in [0.1, 0.15) is 16.7 Å². The molecule has 48 heavy (non-hydrogen) atoms. The van der Waals surface area contributed by atoms with E-state index >= 15 is 0 Å². The number of nitro groups is 1. The SMILES string of the molecule is C#Cc1c(=O)[nH]c(OCc2cccc3c2OCO3)c2cc(F)ccc12.O=c1[nH]c(SCc2ccccc2Cl)c2ccccc2c1[N+](=O)[O-]. The van der Waals surface area contributed by atoms with Crippen LogP contribution in [0.4, 0.5) is 10.1 Å². The van der Waals surface area contributed by atoms with Gasteiger partial charge in [-0.1, -0.05) is 66.1 Å². The number of pyridine rings is 2. The Balaban J connectivity index is 0.000000168. The average Bonchev–Trinajstić information content (AvgIpc) is 3.57. The molecule has 0 bridgehead atoms. The van der Waals surface area contributed by atoms with Crippen molar-refractivity contribution in [2.75, 3.05) is 6.79 Å². The van der Waals surface area contributed by atoms with Crippen LogP contribution in [0.15, 0.2) is 99.5 Å². The molecule has 1 aliphatic heterocycles. The van der Waals surface area contributed by atoms with Crippen molar-refractivity contribution >= 4 is 50.6 Å². The van der Waals surface area contributed by atoms with Gasteiger partial charge in [-0.2, -0.15) is 0 Å². The molecule has 0 amide bonds. The fourth-order valence-electron chi connectivity index (χ4n) is 5.09. The zero-order valence-electron chi connectivity index (χ0n) is 24.8. The molecule has 2 aromatic heterocycles. The molecule has 10 nitrogen and oxygen atoms in total. The molecular formula is C35H23ClFN3O7S. The molecule has 0 saturated heterocycles. The van der Waals surface area contributed by atoms with Gasteiger partial charge in [0.2, 0.25) is 12.7 Å². The Hall–Kier alpha value is -5.77. The number of ether oxygens (including phenoxy) is 3. The smallest absolute Gasteiger partial charge is 0.341 e. The lowest BCUT2D eigenvalue weighted by atomic mass is 10.1. The summed E-state index contributed by atoms with van der Waals surface area (Å²) >= 11 is 7.52. The molecule has 0 unspecified atom stereocenters. The highest BCUT2D eigenvalue weighted by Gasteiger charge is 2.21. The molecule has 3 heterocycles. The van der Waals surface area contributed by atoms with E-state index in [-0.39, 0.29) is 24.8 Å². The van der Waals surface area contributed by atoms with E-state index in [9.17, 15) is 24.1 Å².